The Morgan fingerprint density at radius 3 is 2.63 bits per heavy atom. The minimum absolute atomic E-state index is 0.0805. The van der Waals surface area contributed by atoms with Crippen LogP contribution in [0, 0.1) is 6.92 Å². The van der Waals surface area contributed by atoms with Crippen molar-refractivity contribution in [1.82, 2.24) is 4.90 Å². The molecule has 0 bridgehead atoms. The lowest BCUT2D eigenvalue weighted by atomic mass is 10.2. The second kappa shape index (κ2) is 6.99. The van der Waals surface area contributed by atoms with E-state index in [0.717, 1.165) is 5.56 Å². The van der Waals surface area contributed by atoms with Gasteiger partial charge in [-0.05, 0) is 31.5 Å². The van der Waals surface area contributed by atoms with Crippen LogP contribution in [-0.2, 0) is 4.79 Å². The Labute approximate surface area is 117 Å². The van der Waals surface area contributed by atoms with Gasteiger partial charge in [-0.1, -0.05) is 17.7 Å². The Morgan fingerprint density at radius 1 is 1.42 bits per heavy atom. The number of benzene rings is 1. The summed E-state index contributed by atoms with van der Waals surface area (Å²) in [4.78, 5) is 23.9. The fourth-order valence-corrected chi connectivity index (χ4v) is 1.83. The molecule has 0 radical (unpaired) electrons. The summed E-state index contributed by atoms with van der Waals surface area (Å²) in [5.74, 6) is -0.931. The van der Waals surface area contributed by atoms with E-state index in [1.54, 1.807) is 19.1 Å². The zero-order valence-electron chi connectivity index (χ0n) is 10.9. The Bertz CT molecular complexity index is 477. The molecule has 1 aromatic rings. The summed E-state index contributed by atoms with van der Waals surface area (Å²) in [5, 5.41) is 11.8. The second-order valence-electron chi connectivity index (χ2n) is 4.14. The van der Waals surface area contributed by atoms with Crippen LogP contribution in [-0.4, -0.2) is 35.1 Å². The summed E-state index contributed by atoms with van der Waals surface area (Å²) in [7, 11) is 0. The highest BCUT2D eigenvalue weighted by atomic mass is 35.5. The van der Waals surface area contributed by atoms with Crippen LogP contribution in [0.15, 0.2) is 18.2 Å². The number of carboxylic acid groups (broad SMARTS) is 1. The average Bonchev–Trinajstić information content (AvgIpc) is 2.33. The maximum atomic E-state index is 12.0. The smallest absolute Gasteiger partial charge is 0.321 e. The average molecular weight is 285 g/mol. The zero-order chi connectivity index (χ0) is 14.4. The number of halogens is 1. The van der Waals surface area contributed by atoms with Crippen molar-refractivity contribution in [2.24, 2.45) is 0 Å². The van der Waals surface area contributed by atoms with Gasteiger partial charge in [-0.25, -0.2) is 4.79 Å². The molecular weight excluding hydrogens is 268 g/mol. The van der Waals surface area contributed by atoms with Crippen LogP contribution >= 0.6 is 11.6 Å². The molecule has 0 aliphatic carbocycles. The third kappa shape index (κ3) is 4.79. The number of carbonyl (C=O) groups excluding carboxylic acids is 1. The number of amides is 2. The molecule has 0 aliphatic heterocycles. The van der Waals surface area contributed by atoms with Gasteiger partial charge < -0.3 is 15.3 Å². The van der Waals surface area contributed by atoms with E-state index in [1.807, 2.05) is 13.0 Å². The molecule has 0 unspecified atom stereocenters. The number of rotatable bonds is 5. The van der Waals surface area contributed by atoms with E-state index in [9.17, 15) is 9.59 Å². The van der Waals surface area contributed by atoms with Gasteiger partial charge in [0.1, 0.15) is 0 Å². The molecule has 0 saturated heterocycles. The third-order valence-electron chi connectivity index (χ3n) is 2.63. The van der Waals surface area contributed by atoms with Crippen LogP contribution in [0.2, 0.25) is 5.02 Å². The number of carbonyl (C=O) groups is 2. The number of aryl methyl sites for hydroxylation is 1. The molecule has 5 nitrogen and oxygen atoms in total. The first-order valence-electron chi connectivity index (χ1n) is 5.98. The topological polar surface area (TPSA) is 69.6 Å². The molecule has 0 heterocycles. The van der Waals surface area contributed by atoms with Gasteiger partial charge in [0.05, 0.1) is 17.1 Å². The number of carboxylic acids is 1. The monoisotopic (exact) mass is 284 g/mol. The zero-order valence-corrected chi connectivity index (χ0v) is 11.7. The predicted octanol–water partition coefficient (Wildman–Crippen LogP) is 2.98. The number of nitrogens with zero attached hydrogens (tertiary/aromatic N) is 1. The van der Waals surface area contributed by atoms with Crippen molar-refractivity contribution in [2.45, 2.75) is 20.3 Å². The summed E-state index contributed by atoms with van der Waals surface area (Å²) >= 11 is 6.02. The Kier molecular flexibility index (Phi) is 5.63. The number of nitrogens with one attached hydrogen (secondary N) is 1. The Balaban J connectivity index is 2.68. The van der Waals surface area contributed by atoms with Crippen LogP contribution in [0.1, 0.15) is 18.9 Å². The van der Waals surface area contributed by atoms with Gasteiger partial charge in [0, 0.05) is 13.1 Å². The highest BCUT2D eigenvalue weighted by Crippen LogP contribution is 2.22. The van der Waals surface area contributed by atoms with Crippen LogP contribution in [0.5, 0.6) is 0 Å². The normalized spacial score (nSPS) is 10.1. The fraction of sp³-hybridized carbons (Fsp3) is 0.385. The van der Waals surface area contributed by atoms with Crippen LogP contribution in [0.3, 0.4) is 0 Å². The van der Waals surface area contributed by atoms with Gasteiger partial charge in [-0.3, -0.25) is 4.79 Å². The van der Waals surface area contributed by atoms with E-state index in [2.05, 4.69) is 5.32 Å². The maximum Gasteiger partial charge on any atom is 0.321 e. The van der Waals surface area contributed by atoms with Gasteiger partial charge in [0.15, 0.2) is 0 Å². The van der Waals surface area contributed by atoms with Crippen molar-refractivity contribution in [3.8, 4) is 0 Å². The lowest BCUT2D eigenvalue weighted by molar-refractivity contribution is -0.137. The molecule has 1 aromatic carbocycles. The standard InChI is InChI=1S/C13H17ClN2O3/c1-3-16(7-6-12(17)18)13(19)15-11-5-4-9(2)8-10(11)14/h4-5,8H,3,6-7H2,1-2H3,(H,15,19)(H,17,18). The summed E-state index contributed by atoms with van der Waals surface area (Å²) in [6, 6.07) is 4.97. The fourth-order valence-electron chi connectivity index (χ4n) is 1.55. The quantitative estimate of drug-likeness (QED) is 0.873. The van der Waals surface area contributed by atoms with Crippen LogP contribution < -0.4 is 5.32 Å². The van der Waals surface area contributed by atoms with Crippen molar-refractivity contribution in [1.29, 1.82) is 0 Å². The molecule has 1 rings (SSSR count). The van der Waals surface area contributed by atoms with E-state index in [1.165, 1.54) is 4.90 Å². The van der Waals surface area contributed by atoms with Crippen molar-refractivity contribution in [3.05, 3.63) is 28.8 Å². The SMILES string of the molecule is CCN(CCC(=O)O)C(=O)Nc1ccc(C)cc1Cl. The first-order valence-corrected chi connectivity index (χ1v) is 6.35. The Morgan fingerprint density at radius 2 is 2.11 bits per heavy atom. The van der Waals surface area contributed by atoms with E-state index in [0.29, 0.717) is 17.3 Å². The number of hydrogen-bond donors (Lipinski definition) is 2. The molecule has 104 valence electrons. The van der Waals surface area contributed by atoms with Crippen molar-refractivity contribution >= 4 is 29.3 Å². The predicted molar refractivity (Wildman–Crippen MR) is 74.7 cm³/mol. The van der Waals surface area contributed by atoms with Gasteiger partial charge >= 0.3 is 12.0 Å². The molecular formula is C13H17ClN2O3. The largest absolute Gasteiger partial charge is 0.481 e. The van der Waals surface area contributed by atoms with Gasteiger partial charge in [0.2, 0.25) is 0 Å². The molecule has 0 atom stereocenters. The van der Waals surface area contributed by atoms with Crippen molar-refractivity contribution in [2.75, 3.05) is 18.4 Å². The number of anilines is 1. The summed E-state index contributed by atoms with van der Waals surface area (Å²) in [6.07, 6.45) is -0.0805. The van der Waals surface area contributed by atoms with Gasteiger partial charge in [-0.15, -0.1) is 0 Å². The molecule has 6 heteroatoms. The van der Waals surface area contributed by atoms with E-state index in [-0.39, 0.29) is 19.0 Å². The minimum Gasteiger partial charge on any atom is -0.481 e. The number of aliphatic carboxylic acids is 1. The molecule has 0 fully saturated rings. The van der Waals surface area contributed by atoms with E-state index >= 15 is 0 Å². The van der Waals surface area contributed by atoms with Gasteiger partial charge in [-0.2, -0.15) is 0 Å². The summed E-state index contributed by atoms with van der Waals surface area (Å²) < 4.78 is 0. The molecule has 0 spiro atoms. The molecule has 2 amide bonds. The number of hydrogen-bond acceptors (Lipinski definition) is 2. The van der Waals surface area contributed by atoms with E-state index in [4.69, 9.17) is 16.7 Å². The molecule has 2 N–H and O–H groups in total. The molecule has 0 aromatic heterocycles. The summed E-state index contributed by atoms with van der Waals surface area (Å²) in [5.41, 5.74) is 1.52. The minimum atomic E-state index is -0.931. The molecule has 0 aliphatic rings. The second-order valence-corrected chi connectivity index (χ2v) is 4.54. The lowest BCUT2D eigenvalue weighted by Gasteiger charge is -2.21. The van der Waals surface area contributed by atoms with Crippen LogP contribution in [0.25, 0.3) is 0 Å². The lowest BCUT2D eigenvalue weighted by Crippen LogP contribution is -2.36. The highest BCUT2D eigenvalue weighted by molar-refractivity contribution is 6.33. The number of urea groups is 1. The van der Waals surface area contributed by atoms with Gasteiger partial charge in [0.25, 0.3) is 0 Å². The summed E-state index contributed by atoms with van der Waals surface area (Å²) in [6.45, 7) is 4.30. The maximum absolute atomic E-state index is 12.0. The first kappa shape index (κ1) is 15.3. The molecule has 0 saturated carbocycles. The highest BCUT2D eigenvalue weighted by Gasteiger charge is 2.14. The van der Waals surface area contributed by atoms with Crippen molar-refractivity contribution in [3.63, 3.8) is 0 Å². The first-order chi connectivity index (χ1) is 8.93. The molecule has 19 heavy (non-hydrogen) atoms. The Hall–Kier alpha value is -1.75. The van der Waals surface area contributed by atoms with Crippen LogP contribution in [0.4, 0.5) is 10.5 Å². The van der Waals surface area contributed by atoms with E-state index < -0.39 is 5.97 Å². The third-order valence-corrected chi connectivity index (χ3v) is 2.94. The van der Waals surface area contributed by atoms with Crippen molar-refractivity contribution < 1.29 is 14.7 Å².